The van der Waals surface area contributed by atoms with Crippen molar-refractivity contribution < 1.29 is 9.53 Å². The summed E-state index contributed by atoms with van der Waals surface area (Å²) in [7, 11) is 1.34. The molecule has 0 aliphatic heterocycles. The number of nitrogens with two attached hydrogens (primary N) is 1. The van der Waals surface area contributed by atoms with E-state index in [1.807, 2.05) is 20.8 Å². The molecular formula is C9H15NO2S. The predicted molar refractivity (Wildman–Crippen MR) is 56.2 cm³/mol. The summed E-state index contributed by atoms with van der Waals surface area (Å²) in [6, 6.07) is 1.73. The third kappa shape index (κ3) is 3.06. The van der Waals surface area contributed by atoms with Gasteiger partial charge >= 0.3 is 5.97 Å². The molecule has 0 saturated heterocycles. The summed E-state index contributed by atoms with van der Waals surface area (Å²) in [5, 5.41) is 0.523. The quantitative estimate of drug-likeness (QED) is 0.710. The first-order valence-corrected chi connectivity index (χ1v) is 4.91. The van der Waals surface area contributed by atoms with Gasteiger partial charge in [-0.2, -0.15) is 0 Å². The molecule has 74 valence electrons. The molecule has 0 bridgehead atoms. The number of hydrogen-bond donors (Lipinski definition) is 1. The molecule has 0 amide bonds. The number of ether oxygens (including phenoxy) is 1. The highest BCUT2D eigenvalue weighted by molar-refractivity contribution is 7.16. The maximum Gasteiger partial charge on any atom is 0.340 e. The molecule has 0 aromatic carbocycles. The molecule has 0 saturated carbocycles. The average Bonchev–Trinajstić information content (AvgIpc) is 2.47. The monoisotopic (exact) mass is 201 g/mol. The van der Waals surface area contributed by atoms with Crippen LogP contribution in [0.15, 0.2) is 6.07 Å². The fraction of sp³-hybridized carbons (Fsp3) is 0.444. The summed E-state index contributed by atoms with van der Waals surface area (Å²) in [6.07, 6.45) is 0. The Hall–Kier alpha value is -1.03. The first-order chi connectivity index (χ1) is 6.15. The maximum absolute atomic E-state index is 11.0. The number of carbonyl (C=O) groups is 1. The molecule has 3 nitrogen and oxygen atoms in total. The van der Waals surface area contributed by atoms with Crippen molar-refractivity contribution in [2.45, 2.75) is 20.8 Å². The number of methoxy groups -OCH3 is 1. The smallest absolute Gasteiger partial charge is 0.340 e. The van der Waals surface area contributed by atoms with E-state index in [9.17, 15) is 4.79 Å². The van der Waals surface area contributed by atoms with Crippen LogP contribution in [0.5, 0.6) is 0 Å². The van der Waals surface area contributed by atoms with Gasteiger partial charge in [0.1, 0.15) is 5.00 Å². The Bertz CT molecular complexity index is 281. The molecule has 0 aliphatic carbocycles. The van der Waals surface area contributed by atoms with Crippen molar-refractivity contribution in [3.8, 4) is 0 Å². The highest BCUT2D eigenvalue weighted by Gasteiger charge is 2.11. The van der Waals surface area contributed by atoms with E-state index in [2.05, 4.69) is 4.74 Å². The summed E-state index contributed by atoms with van der Waals surface area (Å²) in [5.41, 5.74) is 6.00. The molecule has 0 spiro atoms. The largest absolute Gasteiger partial charge is 0.465 e. The highest BCUT2D eigenvalue weighted by Crippen LogP contribution is 2.24. The highest BCUT2D eigenvalue weighted by atomic mass is 32.1. The Labute approximate surface area is 82.5 Å². The van der Waals surface area contributed by atoms with Gasteiger partial charge in [0.2, 0.25) is 0 Å². The molecule has 1 aromatic heterocycles. The number of aryl methyl sites for hydroxylation is 1. The van der Waals surface area contributed by atoms with E-state index in [0.717, 1.165) is 4.88 Å². The van der Waals surface area contributed by atoms with Crippen LogP contribution in [0.2, 0.25) is 0 Å². The predicted octanol–water partition coefficient (Wildman–Crippen LogP) is 2.45. The Morgan fingerprint density at radius 2 is 2.08 bits per heavy atom. The number of thiophene rings is 1. The summed E-state index contributed by atoms with van der Waals surface area (Å²) < 4.78 is 4.52. The maximum atomic E-state index is 11.0. The van der Waals surface area contributed by atoms with E-state index < -0.39 is 0 Å². The molecule has 0 atom stereocenters. The van der Waals surface area contributed by atoms with Gasteiger partial charge in [0.05, 0.1) is 12.7 Å². The molecular weight excluding hydrogens is 186 g/mol. The topological polar surface area (TPSA) is 52.3 Å². The van der Waals surface area contributed by atoms with Crippen molar-refractivity contribution in [3.05, 3.63) is 16.5 Å². The normalized spacial score (nSPS) is 8.62. The van der Waals surface area contributed by atoms with Crippen LogP contribution in [-0.2, 0) is 4.74 Å². The van der Waals surface area contributed by atoms with E-state index in [0.29, 0.717) is 10.6 Å². The third-order valence-corrected chi connectivity index (χ3v) is 2.17. The minimum Gasteiger partial charge on any atom is -0.465 e. The van der Waals surface area contributed by atoms with Crippen LogP contribution in [0.4, 0.5) is 5.00 Å². The summed E-state index contributed by atoms with van der Waals surface area (Å²) in [4.78, 5) is 12.0. The number of rotatable bonds is 1. The Kier molecular flexibility index (Phi) is 5.14. The van der Waals surface area contributed by atoms with Crippen LogP contribution in [0.1, 0.15) is 29.1 Å². The van der Waals surface area contributed by atoms with Gasteiger partial charge in [-0.3, -0.25) is 0 Å². The van der Waals surface area contributed by atoms with E-state index in [1.54, 1.807) is 6.07 Å². The molecule has 0 fully saturated rings. The molecule has 0 unspecified atom stereocenters. The molecule has 13 heavy (non-hydrogen) atoms. The lowest BCUT2D eigenvalue weighted by Crippen LogP contribution is -2.01. The van der Waals surface area contributed by atoms with Gasteiger partial charge < -0.3 is 10.5 Å². The minimum atomic E-state index is -0.369. The molecule has 1 aromatic rings. The molecule has 2 N–H and O–H groups in total. The van der Waals surface area contributed by atoms with Crippen molar-refractivity contribution in [2.75, 3.05) is 12.8 Å². The van der Waals surface area contributed by atoms with E-state index in [1.165, 1.54) is 18.4 Å². The van der Waals surface area contributed by atoms with Crippen molar-refractivity contribution in [1.82, 2.24) is 0 Å². The summed E-state index contributed by atoms with van der Waals surface area (Å²) in [5.74, 6) is -0.369. The van der Waals surface area contributed by atoms with Gasteiger partial charge in [-0.25, -0.2) is 4.79 Å². The standard InChI is InChI=1S/C7H9NO2S.C2H6/c1-4-3-5(6(8)11-4)7(9)10-2;1-2/h3H,8H2,1-2H3;1-2H3. The van der Waals surface area contributed by atoms with Gasteiger partial charge in [0, 0.05) is 4.88 Å². The van der Waals surface area contributed by atoms with Gasteiger partial charge in [0.15, 0.2) is 0 Å². The fourth-order valence-corrected chi connectivity index (χ4v) is 1.58. The third-order valence-electron chi connectivity index (χ3n) is 1.29. The van der Waals surface area contributed by atoms with Crippen LogP contribution < -0.4 is 5.73 Å². The molecule has 0 radical (unpaired) electrons. The van der Waals surface area contributed by atoms with Crippen LogP contribution >= 0.6 is 11.3 Å². The second-order valence-electron chi connectivity index (χ2n) is 2.13. The zero-order valence-corrected chi connectivity index (χ0v) is 9.20. The average molecular weight is 201 g/mol. The molecule has 1 heterocycles. The van der Waals surface area contributed by atoms with Crippen molar-refractivity contribution >= 4 is 22.3 Å². The van der Waals surface area contributed by atoms with Crippen LogP contribution in [0.3, 0.4) is 0 Å². The first kappa shape index (κ1) is 12.0. The van der Waals surface area contributed by atoms with Crippen molar-refractivity contribution in [2.24, 2.45) is 0 Å². The Morgan fingerprint density at radius 3 is 2.38 bits per heavy atom. The van der Waals surface area contributed by atoms with Crippen LogP contribution in [0.25, 0.3) is 0 Å². The Morgan fingerprint density at radius 1 is 1.54 bits per heavy atom. The number of hydrogen-bond acceptors (Lipinski definition) is 4. The number of nitrogen functional groups attached to an aromatic ring is 1. The SMILES string of the molecule is CC.COC(=O)c1cc(C)sc1N. The second-order valence-corrected chi connectivity index (χ2v) is 3.41. The van der Waals surface area contributed by atoms with E-state index in [4.69, 9.17) is 5.73 Å². The lowest BCUT2D eigenvalue weighted by atomic mass is 10.3. The van der Waals surface area contributed by atoms with Gasteiger partial charge in [-0.05, 0) is 13.0 Å². The minimum absolute atomic E-state index is 0.369. The first-order valence-electron chi connectivity index (χ1n) is 4.09. The second kappa shape index (κ2) is 5.59. The number of esters is 1. The van der Waals surface area contributed by atoms with Crippen molar-refractivity contribution in [3.63, 3.8) is 0 Å². The fourth-order valence-electron chi connectivity index (χ4n) is 0.802. The van der Waals surface area contributed by atoms with Gasteiger partial charge in [-0.15, -0.1) is 11.3 Å². The summed E-state index contributed by atoms with van der Waals surface area (Å²) >= 11 is 1.39. The Balaban J connectivity index is 0.000000671. The summed E-state index contributed by atoms with van der Waals surface area (Å²) in [6.45, 7) is 5.90. The number of anilines is 1. The van der Waals surface area contributed by atoms with Gasteiger partial charge in [0.25, 0.3) is 0 Å². The number of carbonyl (C=O) groups excluding carboxylic acids is 1. The molecule has 4 heteroatoms. The van der Waals surface area contributed by atoms with E-state index in [-0.39, 0.29) is 5.97 Å². The molecule has 0 aliphatic rings. The van der Waals surface area contributed by atoms with E-state index >= 15 is 0 Å². The molecule has 1 rings (SSSR count). The van der Waals surface area contributed by atoms with Gasteiger partial charge in [-0.1, -0.05) is 13.8 Å². The zero-order valence-electron chi connectivity index (χ0n) is 8.38. The van der Waals surface area contributed by atoms with Crippen molar-refractivity contribution in [1.29, 1.82) is 0 Å². The lowest BCUT2D eigenvalue weighted by Gasteiger charge is -1.94. The van der Waals surface area contributed by atoms with Crippen LogP contribution in [0, 0.1) is 6.92 Å². The van der Waals surface area contributed by atoms with Crippen LogP contribution in [-0.4, -0.2) is 13.1 Å². The zero-order chi connectivity index (χ0) is 10.4. The lowest BCUT2D eigenvalue weighted by molar-refractivity contribution is 0.0602.